The maximum atomic E-state index is 12.4. The minimum atomic E-state index is -0.972. The predicted molar refractivity (Wildman–Crippen MR) is 124 cm³/mol. The molecule has 2 heterocycles. The molecule has 0 radical (unpaired) electrons. The molecule has 1 aliphatic heterocycles. The van der Waals surface area contributed by atoms with Gasteiger partial charge in [-0.05, 0) is 66.6 Å². The largest absolute Gasteiger partial charge is 0.481 e. The molecule has 7 nitrogen and oxygen atoms in total. The van der Waals surface area contributed by atoms with Gasteiger partial charge in [0.05, 0.1) is 6.42 Å². The second-order valence-corrected chi connectivity index (χ2v) is 9.08. The van der Waals surface area contributed by atoms with Crippen molar-refractivity contribution in [3.8, 4) is 22.8 Å². The predicted octanol–water partition coefficient (Wildman–Crippen LogP) is 5.47. The molecule has 3 aromatic rings. The average Bonchev–Trinajstić information content (AvgIpc) is 3.57. The molecule has 170 valence electrons. The lowest BCUT2D eigenvalue weighted by molar-refractivity contribution is -0.138. The number of anilines is 1. The van der Waals surface area contributed by atoms with Gasteiger partial charge < -0.3 is 14.5 Å². The number of carboxylic acids is 1. The van der Waals surface area contributed by atoms with Gasteiger partial charge in [0.1, 0.15) is 0 Å². The van der Waals surface area contributed by atoms with Gasteiger partial charge in [-0.1, -0.05) is 35.7 Å². The number of fused-ring (bicyclic) bond motifs is 1. The highest BCUT2D eigenvalue weighted by Gasteiger charge is 2.26. The molecule has 0 unspecified atom stereocenters. The molecule has 1 fully saturated rings. The van der Waals surface area contributed by atoms with Gasteiger partial charge in [-0.2, -0.15) is 4.98 Å². The van der Waals surface area contributed by atoms with Crippen LogP contribution in [0.4, 0.5) is 5.69 Å². The Bertz CT molecular complexity index is 1220. The molecule has 0 saturated heterocycles. The van der Waals surface area contributed by atoms with Crippen LogP contribution in [0.2, 0.25) is 5.02 Å². The van der Waals surface area contributed by atoms with E-state index in [1.807, 2.05) is 30.3 Å². The molecular weight excluding hydrogens is 442 g/mol. The van der Waals surface area contributed by atoms with Gasteiger partial charge >= 0.3 is 5.97 Å². The zero-order chi connectivity index (χ0) is 22.9. The maximum absolute atomic E-state index is 12.4. The summed E-state index contributed by atoms with van der Waals surface area (Å²) in [4.78, 5) is 29.4. The third-order valence-electron chi connectivity index (χ3n) is 6.56. The lowest BCUT2D eigenvalue weighted by atomic mass is 9.96. The number of amides is 1. The van der Waals surface area contributed by atoms with E-state index < -0.39 is 5.97 Å². The number of carbonyl (C=O) groups excluding carboxylic acids is 1. The Morgan fingerprint density at radius 1 is 1.09 bits per heavy atom. The summed E-state index contributed by atoms with van der Waals surface area (Å²) in [5.41, 5.74) is 4.60. The lowest BCUT2D eigenvalue weighted by Crippen LogP contribution is -2.29. The Balaban J connectivity index is 1.34. The molecule has 1 aliphatic carbocycles. The van der Waals surface area contributed by atoms with Gasteiger partial charge in [-0.3, -0.25) is 9.59 Å². The molecule has 0 atom stereocenters. The normalized spacial score (nSPS) is 15.7. The first kappa shape index (κ1) is 21.6. The van der Waals surface area contributed by atoms with Crippen molar-refractivity contribution in [3.63, 3.8) is 0 Å². The standard InChI is InChI=1S/C25H24ClN3O4/c26-20-14-18(5-7-19(20)15-3-1-2-4-15)25-27-24(28-33-25)17-6-8-21-16(13-17)11-12-29(21)22(30)9-10-23(31)32/h5-8,13-15H,1-4,9-12H2,(H,31,32). The second-order valence-electron chi connectivity index (χ2n) is 8.67. The maximum Gasteiger partial charge on any atom is 0.303 e. The summed E-state index contributed by atoms with van der Waals surface area (Å²) in [6, 6.07) is 11.6. The Morgan fingerprint density at radius 2 is 1.88 bits per heavy atom. The SMILES string of the molecule is O=C(O)CCC(=O)N1CCc2cc(-c3noc(-c4ccc(C5CCCC5)c(Cl)c4)n3)ccc21. The molecule has 2 aliphatic rings. The number of hydrogen-bond acceptors (Lipinski definition) is 5. The summed E-state index contributed by atoms with van der Waals surface area (Å²) < 4.78 is 5.52. The van der Waals surface area contributed by atoms with Gasteiger partial charge in [-0.15, -0.1) is 0 Å². The van der Waals surface area contributed by atoms with E-state index in [0.717, 1.165) is 27.4 Å². The van der Waals surface area contributed by atoms with Crippen LogP contribution in [0.5, 0.6) is 0 Å². The fourth-order valence-corrected chi connectivity index (χ4v) is 5.17. The average molecular weight is 466 g/mol. The van der Waals surface area contributed by atoms with Crippen LogP contribution in [-0.4, -0.2) is 33.7 Å². The van der Waals surface area contributed by atoms with Crippen molar-refractivity contribution in [2.75, 3.05) is 11.4 Å². The number of carbonyl (C=O) groups is 2. The van der Waals surface area contributed by atoms with E-state index in [-0.39, 0.29) is 18.7 Å². The highest BCUT2D eigenvalue weighted by Crippen LogP contribution is 2.39. The quantitative estimate of drug-likeness (QED) is 0.518. The molecule has 1 aromatic heterocycles. The van der Waals surface area contributed by atoms with Crippen molar-refractivity contribution in [2.45, 2.75) is 50.9 Å². The molecule has 0 bridgehead atoms. The van der Waals surface area contributed by atoms with Crippen molar-refractivity contribution in [1.82, 2.24) is 10.1 Å². The van der Waals surface area contributed by atoms with Crippen LogP contribution in [-0.2, 0) is 16.0 Å². The Kier molecular flexibility index (Phi) is 5.89. The highest BCUT2D eigenvalue weighted by molar-refractivity contribution is 6.31. The Hall–Kier alpha value is -3.19. The number of benzene rings is 2. The number of aliphatic carboxylic acids is 1. The van der Waals surface area contributed by atoms with Crippen molar-refractivity contribution in [2.24, 2.45) is 0 Å². The summed E-state index contributed by atoms with van der Waals surface area (Å²) in [6.07, 6.45) is 5.41. The topological polar surface area (TPSA) is 96.5 Å². The van der Waals surface area contributed by atoms with E-state index in [1.165, 1.54) is 31.2 Å². The van der Waals surface area contributed by atoms with E-state index >= 15 is 0 Å². The van der Waals surface area contributed by atoms with Crippen molar-refractivity contribution in [1.29, 1.82) is 0 Å². The molecular formula is C25H24ClN3O4. The molecule has 0 spiro atoms. The summed E-state index contributed by atoms with van der Waals surface area (Å²) in [5.74, 6) is 0.270. The molecule has 1 saturated carbocycles. The van der Waals surface area contributed by atoms with Crippen LogP contribution in [0.25, 0.3) is 22.8 Å². The molecule has 1 N–H and O–H groups in total. The summed E-state index contributed by atoms with van der Waals surface area (Å²) in [6.45, 7) is 0.542. The van der Waals surface area contributed by atoms with E-state index in [2.05, 4.69) is 16.2 Å². The first-order chi connectivity index (χ1) is 16.0. The Labute approximate surface area is 196 Å². The third kappa shape index (κ3) is 4.37. The zero-order valence-corrected chi connectivity index (χ0v) is 18.8. The van der Waals surface area contributed by atoms with Crippen LogP contribution >= 0.6 is 11.6 Å². The minimum absolute atomic E-state index is 0.00712. The number of aromatic nitrogens is 2. The highest BCUT2D eigenvalue weighted by atomic mass is 35.5. The van der Waals surface area contributed by atoms with Gasteiger partial charge in [0.25, 0.3) is 5.89 Å². The second kappa shape index (κ2) is 8.98. The number of hydrogen-bond donors (Lipinski definition) is 1. The van der Waals surface area contributed by atoms with Gasteiger partial charge in [-0.25, -0.2) is 0 Å². The monoisotopic (exact) mass is 465 g/mol. The van der Waals surface area contributed by atoms with Gasteiger partial charge in [0, 0.05) is 34.8 Å². The van der Waals surface area contributed by atoms with Crippen molar-refractivity contribution in [3.05, 3.63) is 52.5 Å². The van der Waals surface area contributed by atoms with Crippen LogP contribution < -0.4 is 4.90 Å². The molecule has 5 rings (SSSR count). The first-order valence-corrected chi connectivity index (χ1v) is 11.7. The van der Waals surface area contributed by atoms with Gasteiger partial charge in [0.2, 0.25) is 11.7 Å². The third-order valence-corrected chi connectivity index (χ3v) is 6.88. The van der Waals surface area contributed by atoms with Gasteiger partial charge in [0.15, 0.2) is 0 Å². The summed E-state index contributed by atoms with van der Waals surface area (Å²) in [5, 5.41) is 13.7. The summed E-state index contributed by atoms with van der Waals surface area (Å²) in [7, 11) is 0. The van der Waals surface area contributed by atoms with Crippen LogP contribution in [0.15, 0.2) is 40.9 Å². The Morgan fingerprint density at radius 3 is 2.64 bits per heavy atom. The van der Waals surface area contributed by atoms with Crippen LogP contribution in [0.3, 0.4) is 0 Å². The molecule has 8 heteroatoms. The number of rotatable bonds is 6. The zero-order valence-electron chi connectivity index (χ0n) is 18.1. The molecule has 1 amide bonds. The van der Waals surface area contributed by atoms with E-state index in [0.29, 0.717) is 30.6 Å². The first-order valence-electron chi connectivity index (χ1n) is 11.3. The summed E-state index contributed by atoms with van der Waals surface area (Å²) >= 11 is 6.57. The fourth-order valence-electron chi connectivity index (χ4n) is 4.83. The number of halogens is 1. The number of carboxylic acid groups (broad SMARTS) is 1. The van der Waals surface area contributed by atoms with E-state index in [9.17, 15) is 9.59 Å². The molecule has 33 heavy (non-hydrogen) atoms. The minimum Gasteiger partial charge on any atom is -0.481 e. The van der Waals surface area contributed by atoms with E-state index in [1.54, 1.807) is 4.90 Å². The van der Waals surface area contributed by atoms with Crippen LogP contribution in [0, 0.1) is 0 Å². The molecule has 2 aromatic carbocycles. The van der Waals surface area contributed by atoms with E-state index in [4.69, 9.17) is 21.2 Å². The van der Waals surface area contributed by atoms with Crippen molar-refractivity contribution < 1.29 is 19.2 Å². The van der Waals surface area contributed by atoms with Crippen molar-refractivity contribution >= 4 is 29.2 Å². The lowest BCUT2D eigenvalue weighted by Gasteiger charge is -2.17. The fraction of sp³-hybridized carbons (Fsp3) is 0.360. The van der Waals surface area contributed by atoms with Crippen LogP contribution in [0.1, 0.15) is 55.6 Å². The smallest absolute Gasteiger partial charge is 0.303 e. The number of nitrogens with zero attached hydrogens (tertiary/aromatic N) is 3.